The molecule has 1 fully saturated rings. The Morgan fingerprint density at radius 1 is 1.22 bits per heavy atom. The molecule has 3 rings (SSSR count). The molecule has 7 nitrogen and oxygen atoms in total. The number of aromatic nitrogens is 2. The highest BCUT2D eigenvalue weighted by Gasteiger charge is 2.24. The molecule has 0 unspecified atom stereocenters. The van der Waals surface area contributed by atoms with Crippen LogP contribution in [-0.2, 0) is 4.79 Å². The van der Waals surface area contributed by atoms with Gasteiger partial charge < -0.3 is 15.0 Å². The van der Waals surface area contributed by atoms with Crippen molar-refractivity contribution in [1.29, 1.82) is 0 Å². The average Bonchev–Trinajstić information content (AvgIpc) is 3.25. The van der Waals surface area contributed by atoms with Gasteiger partial charge in [0.1, 0.15) is 11.4 Å². The number of rotatable bonds is 5. The molecule has 2 heterocycles. The van der Waals surface area contributed by atoms with Crippen LogP contribution < -0.4 is 10.1 Å². The summed E-state index contributed by atoms with van der Waals surface area (Å²) in [5.74, 6) is 0.133. The first-order valence-corrected chi connectivity index (χ1v) is 7.54. The second kappa shape index (κ2) is 6.95. The van der Waals surface area contributed by atoms with Crippen molar-refractivity contribution < 1.29 is 14.3 Å². The predicted molar refractivity (Wildman–Crippen MR) is 84.3 cm³/mol. The number of carbonyl (C=O) groups is 2. The van der Waals surface area contributed by atoms with Gasteiger partial charge in [-0.1, -0.05) is 18.2 Å². The highest BCUT2D eigenvalue weighted by Crippen LogP contribution is 2.18. The number of ether oxygens (including phenoxy) is 1. The van der Waals surface area contributed by atoms with E-state index in [1.54, 1.807) is 17.0 Å². The largest absolute Gasteiger partial charge is 0.484 e. The number of hydrogen-bond donors (Lipinski definition) is 2. The second-order valence-corrected chi connectivity index (χ2v) is 5.31. The summed E-state index contributed by atoms with van der Waals surface area (Å²) in [6.07, 6.45) is 3.45. The topological polar surface area (TPSA) is 87.3 Å². The fourth-order valence-electron chi connectivity index (χ4n) is 2.47. The molecule has 2 N–H and O–H groups in total. The fourth-order valence-corrected chi connectivity index (χ4v) is 2.47. The lowest BCUT2D eigenvalue weighted by Crippen LogP contribution is -2.29. The van der Waals surface area contributed by atoms with E-state index >= 15 is 0 Å². The van der Waals surface area contributed by atoms with Gasteiger partial charge >= 0.3 is 0 Å². The lowest BCUT2D eigenvalue weighted by molar-refractivity contribution is -0.118. The summed E-state index contributed by atoms with van der Waals surface area (Å²) in [6.45, 7) is 1.34. The molecule has 1 aromatic carbocycles. The standard InChI is InChI=1S/C16H18N4O3/c21-14(11-23-12-6-2-1-3-7-12)18-13-10-17-19-15(13)16(22)20-8-4-5-9-20/h1-3,6-7,10H,4-5,8-9,11H2,(H,17,19)(H,18,21). The van der Waals surface area contributed by atoms with Crippen LogP contribution in [0.5, 0.6) is 5.75 Å². The van der Waals surface area contributed by atoms with Gasteiger partial charge in [0.25, 0.3) is 11.8 Å². The molecular weight excluding hydrogens is 296 g/mol. The molecule has 0 saturated carbocycles. The zero-order valence-corrected chi connectivity index (χ0v) is 12.6. The van der Waals surface area contributed by atoms with Crippen molar-refractivity contribution in [1.82, 2.24) is 15.1 Å². The summed E-state index contributed by atoms with van der Waals surface area (Å²) >= 11 is 0. The van der Waals surface area contributed by atoms with E-state index in [2.05, 4.69) is 15.5 Å². The van der Waals surface area contributed by atoms with Crippen LogP contribution in [0.25, 0.3) is 0 Å². The third kappa shape index (κ3) is 3.68. The zero-order chi connectivity index (χ0) is 16.1. The van der Waals surface area contributed by atoms with Crippen molar-refractivity contribution in [2.24, 2.45) is 0 Å². The summed E-state index contributed by atoms with van der Waals surface area (Å²) in [7, 11) is 0. The number of nitrogens with one attached hydrogen (secondary N) is 2. The Bertz CT molecular complexity index is 678. The van der Waals surface area contributed by atoms with Gasteiger partial charge in [-0.25, -0.2) is 0 Å². The van der Waals surface area contributed by atoms with Gasteiger partial charge in [-0.2, -0.15) is 5.10 Å². The van der Waals surface area contributed by atoms with Crippen LogP contribution in [0, 0.1) is 0 Å². The quantitative estimate of drug-likeness (QED) is 0.878. The SMILES string of the molecule is O=C(COc1ccccc1)Nc1cn[nH]c1C(=O)N1CCCC1. The van der Waals surface area contributed by atoms with Crippen LogP contribution in [0.15, 0.2) is 36.5 Å². The van der Waals surface area contributed by atoms with Gasteiger partial charge in [-0.05, 0) is 25.0 Å². The molecule has 0 bridgehead atoms. The second-order valence-electron chi connectivity index (χ2n) is 5.31. The van der Waals surface area contributed by atoms with E-state index in [0.717, 1.165) is 25.9 Å². The summed E-state index contributed by atoms with van der Waals surface area (Å²) in [6, 6.07) is 9.07. The van der Waals surface area contributed by atoms with E-state index < -0.39 is 0 Å². The Kier molecular flexibility index (Phi) is 4.56. The van der Waals surface area contributed by atoms with Crippen molar-refractivity contribution >= 4 is 17.5 Å². The minimum absolute atomic E-state index is 0.132. The van der Waals surface area contributed by atoms with Crippen LogP contribution in [0.1, 0.15) is 23.3 Å². The molecule has 120 valence electrons. The number of likely N-dealkylation sites (tertiary alicyclic amines) is 1. The summed E-state index contributed by atoms with van der Waals surface area (Å²) in [5.41, 5.74) is 0.684. The molecule has 1 aliphatic heterocycles. The maximum atomic E-state index is 12.4. The molecule has 2 aromatic rings. The van der Waals surface area contributed by atoms with Crippen LogP contribution in [0.4, 0.5) is 5.69 Å². The molecule has 1 aliphatic rings. The molecule has 2 amide bonds. The number of amides is 2. The highest BCUT2D eigenvalue weighted by molar-refractivity contribution is 6.02. The van der Waals surface area contributed by atoms with Crippen LogP contribution in [0.3, 0.4) is 0 Å². The number of benzene rings is 1. The summed E-state index contributed by atoms with van der Waals surface area (Å²) in [5, 5.41) is 9.18. The molecule has 0 radical (unpaired) electrons. The summed E-state index contributed by atoms with van der Waals surface area (Å²) in [4.78, 5) is 26.1. The van der Waals surface area contributed by atoms with E-state index in [1.165, 1.54) is 6.20 Å². The van der Waals surface area contributed by atoms with Gasteiger partial charge in [0, 0.05) is 13.1 Å². The van der Waals surface area contributed by atoms with Gasteiger partial charge in [-0.3, -0.25) is 14.7 Å². The van der Waals surface area contributed by atoms with Crippen LogP contribution >= 0.6 is 0 Å². The third-order valence-corrected chi connectivity index (χ3v) is 3.63. The van der Waals surface area contributed by atoms with E-state index in [1.807, 2.05) is 18.2 Å². The first kappa shape index (κ1) is 15.1. The maximum Gasteiger partial charge on any atom is 0.274 e. The van der Waals surface area contributed by atoms with Crippen molar-refractivity contribution in [3.05, 3.63) is 42.2 Å². The number of para-hydroxylation sites is 1. The lowest BCUT2D eigenvalue weighted by atomic mass is 10.3. The van der Waals surface area contributed by atoms with E-state index in [0.29, 0.717) is 17.1 Å². The molecule has 0 aliphatic carbocycles. The third-order valence-electron chi connectivity index (χ3n) is 3.63. The van der Waals surface area contributed by atoms with Crippen molar-refractivity contribution in [2.45, 2.75) is 12.8 Å². The predicted octanol–water partition coefficient (Wildman–Crippen LogP) is 1.66. The van der Waals surface area contributed by atoms with E-state index in [9.17, 15) is 9.59 Å². The number of H-pyrrole nitrogens is 1. The number of carbonyl (C=O) groups excluding carboxylic acids is 2. The molecule has 0 spiro atoms. The minimum atomic E-state index is -0.342. The van der Waals surface area contributed by atoms with Gasteiger partial charge in [-0.15, -0.1) is 0 Å². The van der Waals surface area contributed by atoms with Gasteiger partial charge in [0.15, 0.2) is 6.61 Å². The molecular formula is C16H18N4O3. The fraction of sp³-hybridized carbons (Fsp3) is 0.312. The Labute approximate surface area is 133 Å². The first-order chi connectivity index (χ1) is 11.2. The number of aromatic amines is 1. The maximum absolute atomic E-state index is 12.4. The van der Waals surface area contributed by atoms with Crippen LogP contribution in [-0.4, -0.2) is 46.6 Å². The normalized spacial score (nSPS) is 13.8. The van der Waals surface area contributed by atoms with E-state index in [4.69, 9.17) is 4.74 Å². The zero-order valence-electron chi connectivity index (χ0n) is 12.6. The van der Waals surface area contributed by atoms with Gasteiger partial charge in [0.2, 0.25) is 0 Å². The molecule has 7 heteroatoms. The van der Waals surface area contributed by atoms with Crippen LogP contribution in [0.2, 0.25) is 0 Å². The molecule has 1 saturated heterocycles. The molecule has 0 atom stereocenters. The van der Waals surface area contributed by atoms with Crippen molar-refractivity contribution in [2.75, 3.05) is 25.0 Å². The number of nitrogens with zero attached hydrogens (tertiary/aromatic N) is 2. The Balaban J connectivity index is 1.58. The monoisotopic (exact) mass is 314 g/mol. The van der Waals surface area contributed by atoms with Crippen molar-refractivity contribution in [3.8, 4) is 5.75 Å². The number of anilines is 1. The number of hydrogen-bond acceptors (Lipinski definition) is 4. The highest BCUT2D eigenvalue weighted by atomic mass is 16.5. The Morgan fingerprint density at radius 2 is 1.96 bits per heavy atom. The Hall–Kier alpha value is -2.83. The molecule has 23 heavy (non-hydrogen) atoms. The minimum Gasteiger partial charge on any atom is -0.484 e. The van der Waals surface area contributed by atoms with Gasteiger partial charge in [0.05, 0.1) is 11.9 Å². The Morgan fingerprint density at radius 3 is 2.70 bits per heavy atom. The summed E-state index contributed by atoms with van der Waals surface area (Å²) < 4.78 is 5.38. The first-order valence-electron chi connectivity index (χ1n) is 7.54. The van der Waals surface area contributed by atoms with E-state index in [-0.39, 0.29) is 18.4 Å². The molecule has 1 aromatic heterocycles. The smallest absolute Gasteiger partial charge is 0.274 e. The lowest BCUT2D eigenvalue weighted by Gasteiger charge is -2.15. The average molecular weight is 314 g/mol. The van der Waals surface area contributed by atoms with Crippen molar-refractivity contribution in [3.63, 3.8) is 0 Å².